The van der Waals surface area contributed by atoms with Crippen LogP contribution in [0.2, 0.25) is 0 Å². The van der Waals surface area contributed by atoms with Crippen LogP contribution in [0.25, 0.3) is 0 Å². The molecule has 0 saturated carbocycles. The molecule has 3 atom stereocenters. The van der Waals surface area contributed by atoms with E-state index >= 15 is 0 Å². The molecule has 3 rings (SSSR count). The molecular weight excluding hydrogens is 294 g/mol. The summed E-state index contributed by atoms with van der Waals surface area (Å²) in [4.78, 5) is 0.0879. The van der Waals surface area contributed by atoms with E-state index in [0.29, 0.717) is 5.56 Å². The van der Waals surface area contributed by atoms with Gasteiger partial charge in [0.25, 0.3) is 0 Å². The van der Waals surface area contributed by atoms with Gasteiger partial charge in [-0.1, -0.05) is 6.07 Å². The zero-order chi connectivity index (χ0) is 15.0. The Morgan fingerprint density at radius 3 is 2.81 bits per heavy atom. The largest absolute Gasteiger partial charge is 0.495 e. The van der Waals surface area contributed by atoms with Gasteiger partial charge in [0.15, 0.2) is 0 Å². The van der Waals surface area contributed by atoms with Gasteiger partial charge in [0.2, 0.25) is 10.0 Å². The second-order valence-corrected chi connectivity index (χ2v) is 7.16. The number of rotatable bonds is 5. The molecule has 3 unspecified atom stereocenters. The van der Waals surface area contributed by atoms with E-state index < -0.39 is 10.0 Å². The lowest BCUT2D eigenvalue weighted by atomic mass is 9.96. The van der Waals surface area contributed by atoms with Gasteiger partial charge in [-0.2, -0.15) is 0 Å². The molecule has 2 heterocycles. The molecule has 0 spiro atoms. The molecule has 2 bridgehead atoms. The van der Waals surface area contributed by atoms with E-state index in [4.69, 9.17) is 14.6 Å². The molecule has 21 heavy (non-hydrogen) atoms. The van der Waals surface area contributed by atoms with Crippen LogP contribution in [0, 0.1) is 0 Å². The minimum absolute atomic E-state index is 0.0208. The van der Waals surface area contributed by atoms with Crippen LogP contribution in [0.4, 0.5) is 0 Å². The summed E-state index contributed by atoms with van der Waals surface area (Å²) < 4.78 is 38.6. The third-order valence-electron chi connectivity index (χ3n) is 4.11. The molecule has 0 aromatic heterocycles. The zero-order valence-electron chi connectivity index (χ0n) is 11.8. The van der Waals surface area contributed by atoms with Crippen LogP contribution in [-0.4, -0.2) is 38.9 Å². The first-order chi connectivity index (χ1) is 10.0. The van der Waals surface area contributed by atoms with Crippen LogP contribution in [0.15, 0.2) is 23.1 Å². The quantitative estimate of drug-likeness (QED) is 0.839. The smallest absolute Gasteiger partial charge is 0.244 e. The summed E-state index contributed by atoms with van der Waals surface area (Å²) in [6.45, 7) is -0.162. The van der Waals surface area contributed by atoms with E-state index in [1.165, 1.54) is 19.2 Å². The Labute approximate surface area is 124 Å². The van der Waals surface area contributed by atoms with Crippen LogP contribution in [-0.2, 0) is 21.4 Å². The number of nitrogens with one attached hydrogen (secondary N) is 1. The molecule has 0 radical (unpaired) electrons. The van der Waals surface area contributed by atoms with Crippen LogP contribution in [0.5, 0.6) is 5.75 Å². The van der Waals surface area contributed by atoms with Crippen LogP contribution in [0.3, 0.4) is 0 Å². The molecule has 1 aromatic rings. The summed E-state index contributed by atoms with van der Waals surface area (Å²) in [5, 5.41) is 9.12. The second-order valence-electron chi connectivity index (χ2n) is 5.48. The van der Waals surface area contributed by atoms with Crippen molar-refractivity contribution in [2.45, 2.75) is 49.0 Å². The van der Waals surface area contributed by atoms with E-state index in [9.17, 15) is 8.42 Å². The first-order valence-corrected chi connectivity index (χ1v) is 8.47. The molecule has 2 aliphatic heterocycles. The molecule has 2 N–H and O–H groups in total. The zero-order valence-corrected chi connectivity index (χ0v) is 12.6. The predicted molar refractivity (Wildman–Crippen MR) is 75.5 cm³/mol. The average Bonchev–Trinajstić information content (AvgIpc) is 3.08. The van der Waals surface area contributed by atoms with E-state index in [1.54, 1.807) is 6.07 Å². The van der Waals surface area contributed by atoms with Crippen LogP contribution >= 0.6 is 0 Å². The molecule has 7 heteroatoms. The SMILES string of the molecule is COc1cc(CO)ccc1S(=O)(=O)NC1CC2CCC1O2. The lowest BCUT2D eigenvalue weighted by Crippen LogP contribution is -2.41. The fraction of sp³-hybridized carbons (Fsp3) is 0.571. The standard InChI is InChI=1S/C14H19NO5S/c1-19-13-6-9(8-16)2-5-14(13)21(17,18)15-11-7-10-3-4-12(11)20-10/h2,5-6,10-12,15-16H,3-4,7-8H2,1H3. The number of aliphatic hydroxyl groups is 1. The van der Waals surface area contributed by atoms with Gasteiger partial charge in [0.05, 0.1) is 32.0 Å². The van der Waals surface area contributed by atoms with Crippen molar-refractivity contribution in [3.8, 4) is 5.75 Å². The Morgan fingerprint density at radius 2 is 2.24 bits per heavy atom. The second kappa shape index (κ2) is 5.57. The highest BCUT2D eigenvalue weighted by Crippen LogP contribution is 2.35. The molecule has 6 nitrogen and oxygen atoms in total. The Kier molecular flexibility index (Phi) is 3.92. The molecule has 0 amide bonds. The Morgan fingerprint density at radius 1 is 1.43 bits per heavy atom. The lowest BCUT2D eigenvalue weighted by Gasteiger charge is -2.20. The summed E-state index contributed by atoms with van der Waals surface area (Å²) >= 11 is 0. The van der Waals surface area contributed by atoms with E-state index in [-0.39, 0.29) is 35.5 Å². The average molecular weight is 313 g/mol. The normalized spacial score (nSPS) is 28.0. The van der Waals surface area contributed by atoms with Crippen molar-refractivity contribution < 1.29 is 23.0 Å². The third-order valence-corrected chi connectivity index (χ3v) is 5.64. The van der Waals surface area contributed by atoms with Crippen molar-refractivity contribution in [3.63, 3.8) is 0 Å². The predicted octanol–water partition coefficient (Wildman–Crippen LogP) is 0.786. The molecule has 116 valence electrons. The van der Waals surface area contributed by atoms with Crippen molar-refractivity contribution in [2.24, 2.45) is 0 Å². The molecule has 2 fully saturated rings. The highest BCUT2D eigenvalue weighted by molar-refractivity contribution is 7.89. The topological polar surface area (TPSA) is 84.9 Å². The third kappa shape index (κ3) is 2.78. The maximum Gasteiger partial charge on any atom is 0.244 e. The summed E-state index contributed by atoms with van der Waals surface area (Å²) in [7, 11) is -2.26. The highest BCUT2D eigenvalue weighted by atomic mass is 32.2. The fourth-order valence-electron chi connectivity index (χ4n) is 3.06. The van der Waals surface area contributed by atoms with Crippen molar-refractivity contribution in [1.29, 1.82) is 0 Å². The van der Waals surface area contributed by atoms with Gasteiger partial charge in [-0.3, -0.25) is 0 Å². The maximum absolute atomic E-state index is 12.5. The molecule has 2 aliphatic rings. The number of hydrogen-bond acceptors (Lipinski definition) is 5. The first kappa shape index (κ1) is 14.8. The van der Waals surface area contributed by atoms with E-state index in [1.807, 2.05) is 0 Å². The number of fused-ring (bicyclic) bond motifs is 2. The Hall–Kier alpha value is -1.15. The maximum atomic E-state index is 12.5. The summed E-state index contributed by atoms with van der Waals surface area (Å²) in [5.74, 6) is 0.234. The number of aliphatic hydroxyl groups excluding tert-OH is 1. The molecular formula is C14H19NO5S. The fourth-order valence-corrected chi connectivity index (χ4v) is 4.48. The van der Waals surface area contributed by atoms with Gasteiger partial charge < -0.3 is 14.6 Å². The van der Waals surface area contributed by atoms with Crippen LogP contribution in [0.1, 0.15) is 24.8 Å². The van der Waals surface area contributed by atoms with Crippen molar-refractivity contribution >= 4 is 10.0 Å². The summed E-state index contributed by atoms with van der Waals surface area (Å²) in [6, 6.07) is 4.40. The van der Waals surface area contributed by atoms with Gasteiger partial charge in [-0.25, -0.2) is 13.1 Å². The van der Waals surface area contributed by atoms with Crippen molar-refractivity contribution in [2.75, 3.05) is 7.11 Å². The van der Waals surface area contributed by atoms with E-state index in [2.05, 4.69) is 4.72 Å². The lowest BCUT2D eigenvalue weighted by molar-refractivity contribution is 0.0996. The molecule has 2 saturated heterocycles. The van der Waals surface area contributed by atoms with Crippen LogP contribution < -0.4 is 9.46 Å². The molecule has 1 aromatic carbocycles. The van der Waals surface area contributed by atoms with Crippen molar-refractivity contribution in [1.82, 2.24) is 4.72 Å². The van der Waals surface area contributed by atoms with Gasteiger partial charge in [0.1, 0.15) is 10.6 Å². The number of ether oxygens (including phenoxy) is 2. The Bertz CT molecular complexity index is 630. The number of hydrogen-bond donors (Lipinski definition) is 2. The van der Waals surface area contributed by atoms with Crippen molar-refractivity contribution in [3.05, 3.63) is 23.8 Å². The Balaban J connectivity index is 1.84. The molecule has 0 aliphatic carbocycles. The van der Waals surface area contributed by atoms with E-state index in [0.717, 1.165) is 19.3 Å². The monoisotopic (exact) mass is 313 g/mol. The number of methoxy groups -OCH3 is 1. The number of sulfonamides is 1. The van der Waals surface area contributed by atoms with Gasteiger partial charge in [-0.15, -0.1) is 0 Å². The highest BCUT2D eigenvalue weighted by Gasteiger charge is 2.42. The first-order valence-electron chi connectivity index (χ1n) is 6.99. The minimum atomic E-state index is -3.67. The summed E-state index contributed by atoms with van der Waals surface area (Å²) in [5.41, 5.74) is 0.606. The van der Waals surface area contributed by atoms with Gasteiger partial charge in [0, 0.05) is 0 Å². The minimum Gasteiger partial charge on any atom is -0.495 e. The number of benzene rings is 1. The van der Waals surface area contributed by atoms with Gasteiger partial charge in [-0.05, 0) is 37.0 Å². The van der Waals surface area contributed by atoms with Gasteiger partial charge >= 0.3 is 0 Å². The summed E-state index contributed by atoms with van der Waals surface area (Å²) in [6.07, 6.45) is 2.80.